The molecule has 4 nitrogen and oxygen atoms in total. The molecule has 94 valence electrons. The fourth-order valence-corrected chi connectivity index (χ4v) is 1.85. The Morgan fingerprint density at radius 1 is 1.41 bits per heavy atom. The second-order valence-corrected chi connectivity index (χ2v) is 4.58. The zero-order chi connectivity index (χ0) is 13.2. The van der Waals surface area contributed by atoms with Gasteiger partial charge in [0.1, 0.15) is 0 Å². The van der Waals surface area contributed by atoms with E-state index < -0.39 is 12.0 Å². The first kappa shape index (κ1) is 13.5. The van der Waals surface area contributed by atoms with Crippen molar-refractivity contribution >= 4 is 11.7 Å². The van der Waals surface area contributed by atoms with Crippen LogP contribution in [0.4, 0.5) is 5.69 Å². The Bertz CT molecular complexity index is 428. The molecule has 17 heavy (non-hydrogen) atoms. The molecular formula is C13H20N2O2. The van der Waals surface area contributed by atoms with E-state index in [0.717, 1.165) is 16.8 Å². The van der Waals surface area contributed by atoms with E-state index in [9.17, 15) is 4.79 Å². The average molecular weight is 236 g/mol. The van der Waals surface area contributed by atoms with Crippen LogP contribution in [-0.4, -0.2) is 25.2 Å². The van der Waals surface area contributed by atoms with Crippen LogP contribution in [-0.2, 0) is 4.79 Å². The van der Waals surface area contributed by atoms with Crippen molar-refractivity contribution in [1.29, 1.82) is 0 Å². The quantitative estimate of drug-likeness (QED) is 0.837. The molecular weight excluding hydrogens is 216 g/mol. The molecule has 0 radical (unpaired) electrons. The molecule has 0 bridgehead atoms. The summed E-state index contributed by atoms with van der Waals surface area (Å²) < 4.78 is 0. The van der Waals surface area contributed by atoms with E-state index in [1.165, 1.54) is 5.56 Å². The largest absolute Gasteiger partial charge is 0.481 e. The molecule has 4 heteroatoms. The van der Waals surface area contributed by atoms with Crippen LogP contribution in [0.5, 0.6) is 0 Å². The molecule has 0 amide bonds. The van der Waals surface area contributed by atoms with Gasteiger partial charge >= 0.3 is 5.97 Å². The van der Waals surface area contributed by atoms with E-state index in [4.69, 9.17) is 10.8 Å². The molecule has 0 aliphatic carbocycles. The number of aliphatic carboxylic acids is 1. The van der Waals surface area contributed by atoms with Gasteiger partial charge in [0.05, 0.1) is 6.42 Å². The first-order valence-electron chi connectivity index (χ1n) is 5.58. The lowest BCUT2D eigenvalue weighted by Gasteiger charge is -2.20. The molecule has 0 saturated heterocycles. The van der Waals surface area contributed by atoms with Gasteiger partial charge in [-0.1, -0.05) is 6.07 Å². The van der Waals surface area contributed by atoms with E-state index in [1.54, 1.807) is 0 Å². The van der Waals surface area contributed by atoms with Gasteiger partial charge in [-0.25, -0.2) is 0 Å². The van der Waals surface area contributed by atoms with Crippen molar-refractivity contribution in [1.82, 2.24) is 0 Å². The van der Waals surface area contributed by atoms with Crippen molar-refractivity contribution in [2.75, 3.05) is 19.0 Å². The summed E-state index contributed by atoms with van der Waals surface area (Å²) in [5.41, 5.74) is 10.2. The van der Waals surface area contributed by atoms with E-state index in [-0.39, 0.29) is 6.42 Å². The molecule has 0 saturated carbocycles. The predicted octanol–water partition coefficient (Wildman–Crippen LogP) is 1.84. The summed E-state index contributed by atoms with van der Waals surface area (Å²) in [5.74, 6) is -0.873. The van der Waals surface area contributed by atoms with Gasteiger partial charge in [0, 0.05) is 25.8 Å². The molecule has 0 spiro atoms. The maximum atomic E-state index is 10.7. The normalized spacial score (nSPS) is 12.3. The van der Waals surface area contributed by atoms with Crippen LogP contribution in [0.25, 0.3) is 0 Å². The standard InChI is InChI=1S/C13H20N2O2/c1-8-5-10(11(14)7-13(16)17)6-12(9(8)2)15(3)4/h5-6,11H,7,14H2,1-4H3,(H,16,17). The number of rotatable bonds is 4. The topological polar surface area (TPSA) is 66.6 Å². The number of benzene rings is 1. The van der Waals surface area contributed by atoms with Crippen LogP contribution in [0.15, 0.2) is 12.1 Å². The summed E-state index contributed by atoms with van der Waals surface area (Å²) in [5, 5.41) is 8.76. The van der Waals surface area contributed by atoms with Gasteiger partial charge in [0.2, 0.25) is 0 Å². The zero-order valence-corrected chi connectivity index (χ0v) is 10.8. The molecule has 1 atom stereocenters. The molecule has 1 rings (SSSR count). The van der Waals surface area contributed by atoms with Gasteiger partial charge in [0.15, 0.2) is 0 Å². The zero-order valence-electron chi connectivity index (χ0n) is 10.8. The summed E-state index contributed by atoms with van der Waals surface area (Å²) in [6.07, 6.45) is -0.0463. The van der Waals surface area contributed by atoms with E-state index >= 15 is 0 Å². The highest BCUT2D eigenvalue weighted by Gasteiger charge is 2.14. The predicted molar refractivity (Wildman–Crippen MR) is 69.4 cm³/mol. The van der Waals surface area contributed by atoms with Gasteiger partial charge in [-0.15, -0.1) is 0 Å². The number of hydrogen-bond donors (Lipinski definition) is 2. The van der Waals surface area contributed by atoms with Crippen molar-refractivity contribution in [3.8, 4) is 0 Å². The summed E-state index contributed by atoms with van der Waals surface area (Å²) in [7, 11) is 3.93. The highest BCUT2D eigenvalue weighted by molar-refractivity contribution is 5.68. The maximum absolute atomic E-state index is 10.7. The summed E-state index contributed by atoms with van der Waals surface area (Å²) >= 11 is 0. The van der Waals surface area contributed by atoms with E-state index in [1.807, 2.05) is 38.1 Å². The van der Waals surface area contributed by atoms with Crippen molar-refractivity contribution in [2.24, 2.45) is 5.73 Å². The number of carboxylic acids is 1. The first-order chi connectivity index (χ1) is 7.82. The SMILES string of the molecule is Cc1cc(C(N)CC(=O)O)cc(N(C)C)c1C. The van der Waals surface area contributed by atoms with Crippen LogP contribution in [0.2, 0.25) is 0 Å². The minimum atomic E-state index is -0.873. The third kappa shape index (κ3) is 3.20. The van der Waals surface area contributed by atoms with E-state index in [2.05, 4.69) is 6.92 Å². The third-order valence-corrected chi connectivity index (χ3v) is 2.97. The van der Waals surface area contributed by atoms with Crippen molar-refractivity contribution < 1.29 is 9.90 Å². The smallest absolute Gasteiger partial charge is 0.305 e. The Labute approximate surface area is 102 Å². The van der Waals surface area contributed by atoms with Gasteiger partial charge in [-0.3, -0.25) is 4.79 Å². The number of aryl methyl sites for hydroxylation is 1. The Morgan fingerprint density at radius 3 is 2.47 bits per heavy atom. The minimum Gasteiger partial charge on any atom is -0.481 e. The first-order valence-corrected chi connectivity index (χ1v) is 5.58. The molecule has 1 aromatic rings. The highest BCUT2D eigenvalue weighted by atomic mass is 16.4. The van der Waals surface area contributed by atoms with Crippen molar-refractivity contribution in [2.45, 2.75) is 26.3 Å². The van der Waals surface area contributed by atoms with Crippen LogP contribution < -0.4 is 10.6 Å². The number of anilines is 1. The van der Waals surface area contributed by atoms with Crippen molar-refractivity contribution in [3.05, 3.63) is 28.8 Å². The van der Waals surface area contributed by atoms with Gasteiger partial charge in [-0.2, -0.15) is 0 Å². The Hall–Kier alpha value is -1.55. The summed E-state index contributed by atoms with van der Waals surface area (Å²) in [6.45, 7) is 4.07. The van der Waals surface area contributed by atoms with Crippen molar-refractivity contribution in [3.63, 3.8) is 0 Å². The molecule has 0 aliphatic rings. The molecule has 0 fully saturated rings. The van der Waals surface area contributed by atoms with Crippen LogP contribution in [0, 0.1) is 13.8 Å². The third-order valence-electron chi connectivity index (χ3n) is 2.97. The summed E-state index contributed by atoms with van der Waals surface area (Å²) in [6, 6.07) is 3.48. The monoisotopic (exact) mass is 236 g/mol. The van der Waals surface area contributed by atoms with E-state index in [0.29, 0.717) is 0 Å². The summed E-state index contributed by atoms with van der Waals surface area (Å²) in [4.78, 5) is 12.7. The highest BCUT2D eigenvalue weighted by Crippen LogP contribution is 2.27. The lowest BCUT2D eigenvalue weighted by Crippen LogP contribution is -2.17. The molecule has 1 unspecified atom stereocenters. The number of carbonyl (C=O) groups is 1. The minimum absolute atomic E-state index is 0.0463. The Kier molecular flexibility index (Phi) is 4.12. The number of carboxylic acid groups (broad SMARTS) is 1. The fourth-order valence-electron chi connectivity index (χ4n) is 1.85. The second-order valence-electron chi connectivity index (χ2n) is 4.58. The molecule has 0 aliphatic heterocycles. The molecule has 0 heterocycles. The number of nitrogens with zero attached hydrogens (tertiary/aromatic N) is 1. The molecule has 3 N–H and O–H groups in total. The van der Waals surface area contributed by atoms with Crippen LogP contribution in [0.3, 0.4) is 0 Å². The lowest BCUT2D eigenvalue weighted by molar-refractivity contribution is -0.137. The average Bonchev–Trinajstić information content (AvgIpc) is 2.20. The van der Waals surface area contributed by atoms with Gasteiger partial charge in [-0.05, 0) is 36.6 Å². The van der Waals surface area contributed by atoms with Crippen LogP contribution >= 0.6 is 0 Å². The lowest BCUT2D eigenvalue weighted by atomic mass is 9.97. The Balaban J connectivity index is 3.14. The Morgan fingerprint density at radius 2 is 2.00 bits per heavy atom. The number of nitrogens with two attached hydrogens (primary N) is 1. The maximum Gasteiger partial charge on any atom is 0.305 e. The van der Waals surface area contributed by atoms with Crippen LogP contribution in [0.1, 0.15) is 29.2 Å². The second kappa shape index (κ2) is 5.19. The molecule has 0 aromatic heterocycles. The molecule has 1 aromatic carbocycles. The van der Waals surface area contributed by atoms with Gasteiger partial charge < -0.3 is 15.7 Å². The number of hydrogen-bond acceptors (Lipinski definition) is 3. The fraction of sp³-hybridized carbons (Fsp3) is 0.462. The van der Waals surface area contributed by atoms with Gasteiger partial charge in [0.25, 0.3) is 0 Å².